The molecule has 1 N–H and O–H groups in total. The predicted octanol–water partition coefficient (Wildman–Crippen LogP) is 4.51. The standard InChI is InChI=1S/C15H21F2N/c1-10-4-3-5-12(6-10)9-18-15-8-13(16)11(2)7-14(15)17/h7-8,10,12,18H,3-6,9H2,1-2H3. The molecule has 0 amide bonds. The van der Waals surface area contributed by atoms with E-state index < -0.39 is 0 Å². The molecule has 0 spiro atoms. The van der Waals surface area contributed by atoms with E-state index in [1.807, 2.05) is 0 Å². The van der Waals surface area contributed by atoms with Gasteiger partial charge in [-0.25, -0.2) is 8.78 Å². The van der Waals surface area contributed by atoms with Gasteiger partial charge in [0.15, 0.2) is 0 Å². The molecular weight excluding hydrogens is 232 g/mol. The van der Waals surface area contributed by atoms with Crippen LogP contribution in [-0.2, 0) is 0 Å². The van der Waals surface area contributed by atoms with E-state index in [1.54, 1.807) is 6.92 Å². The fourth-order valence-electron chi connectivity index (χ4n) is 2.78. The van der Waals surface area contributed by atoms with Crippen LogP contribution < -0.4 is 5.32 Å². The first kappa shape index (κ1) is 13.3. The molecule has 0 radical (unpaired) electrons. The van der Waals surface area contributed by atoms with Crippen LogP contribution in [0.1, 0.15) is 38.2 Å². The molecule has 1 fully saturated rings. The van der Waals surface area contributed by atoms with Crippen LogP contribution in [0.25, 0.3) is 0 Å². The SMILES string of the molecule is Cc1cc(F)c(NCC2CCCC(C)C2)cc1F. The van der Waals surface area contributed by atoms with Crippen molar-refractivity contribution in [1.82, 2.24) is 0 Å². The molecular formula is C15H21F2N. The topological polar surface area (TPSA) is 12.0 Å². The quantitative estimate of drug-likeness (QED) is 0.835. The van der Waals surface area contributed by atoms with Crippen molar-refractivity contribution in [2.24, 2.45) is 11.8 Å². The summed E-state index contributed by atoms with van der Waals surface area (Å²) in [4.78, 5) is 0. The highest BCUT2D eigenvalue weighted by molar-refractivity contribution is 5.46. The predicted molar refractivity (Wildman–Crippen MR) is 70.7 cm³/mol. The molecule has 0 bridgehead atoms. The number of halogens is 2. The van der Waals surface area contributed by atoms with Gasteiger partial charge in [-0.2, -0.15) is 0 Å². The molecule has 2 rings (SSSR count). The van der Waals surface area contributed by atoms with Crippen molar-refractivity contribution in [2.45, 2.75) is 39.5 Å². The minimum Gasteiger partial charge on any atom is -0.382 e. The second-order valence-electron chi connectivity index (χ2n) is 5.60. The van der Waals surface area contributed by atoms with Crippen molar-refractivity contribution in [2.75, 3.05) is 11.9 Å². The molecule has 1 nitrogen and oxygen atoms in total. The first-order valence-corrected chi connectivity index (χ1v) is 6.75. The summed E-state index contributed by atoms with van der Waals surface area (Å²) >= 11 is 0. The van der Waals surface area contributed by atoms with Gasteiger partial charge in [0.05, 0.1) is 5.69 Å². The van der Waals surface area contributed by atoms with Crippen LogP contribution in [-0.4, -0.2) is 6.54 Å². The summed E-state index contributed by atoms with van der Waals surface area (Å²) < 4.78 is 27.0. The number of hydrogen-bond acceptors (Lipinski definition) is 1. The van der Waals surface area contributed by atoms with Crippen molar-refractivity contribution in [3.8, 4) is 0 Å². The Morgan fingerprint density at radius 3 is 2.72 bits per heavy atom. The fraction of sp³-hybridized carbons (Fsp3) is 0.600. The molecule has 0 heterocycles. The van der Waals surface area contributed by atoms with Crippen LogP contribution in [0.3, 0.4) is 0 Å². The van der Waals surface area contributed by atoms with Gasteiger partial charge in [-0.3, -0.25) is 0 Å². The number of rotatable bonds is 3. The third-order valence-electron chi connectivity index (χ3n) is 3.87. The van der Waals surface area contributed by atoms with Crippen molar-refractivity contribution < 1.29 is 8.78 Å². The van der Waals surface area contributed by atoms with Crippen molar-refractivity contribution >= 4 is 5.69 Å². The zero-order valence-electron chi connectivity index (χ0n) is 11.1. The second-order valence-corrected chi connectivity index (χ2v) is 5.60. The van der Waals surface area contributed by atoms with Gasteiger partial charge in [0.1, 0.15) is 11.6 Å². The number of aryl methyl sites for hydroxylation is 1. The Morgan fingerprint density at radius 1 is 1.22 bits per heavy atom. The van der Waals surface area contributed by atoms with Crippen LogP contribution >= 0.6 is 0 Å². The van der Waals surface area contributed by atoms with E-state index in [0.29, 0.717) is 11.5 Å². The maximum atomic E-state index is 13.6. The summed E-state index contributed by atoms with van der Waals surface area (Å²) in [5.41, 5.74) is 0.640. The zero-order valence-corrected chi connectivity index (χ0v) is 11.1. The second kappa shape index (κ2) is 5.68. The van der Waals surface area contributed by atoms with E-state index in [4.69, 9.17) is 0 Å². The van der Waals surface area contributed by atoms with E-state index in [2.05, 4.69) is 12.2 Å². The van der Waals surface area contributed by atoms with E-state index in [0.717, 1.165) is 12.5 Å². The Bertz CT molecular complexity index is 417. The van der Waals surface area contributed by atoms with E-state index in [1.165, 1.54) is 37.8 Å². The lowest BCUT2D eigenvalue weighted by atomic mass is 9.82. The van der Waals surface area contributed by atoms with Crippen molar-refractivity contribution in [3.05, 3.63) is 29.3 Å². The summed E-state index contributed by atoms with van der Waals surface area (Å²) in [6.07, 6.45) is 4.92. The summed E-state index contributed by atoms with van der Waals surface area (Å²) in [7, 11) is 0. The number of hydrogen-bond donors (Lipinski definition) is 1. The van der Waals surface area contributed by atoms with Gasteiger partial charge in [0.2, 0.25) is 0 Å². The fourth-order valence-corrected chi connectivity index (χ4v) is 2.78. The van der Waals surface area contributed by atoms with Gasteiger partial charge >= 0.3 is 0 Å². The normalized spacial score (nSPS) is 24.0. The Labute approximate surface area is 108 Å². The lowest BCUT2D eigenvalue weighted by Crippen LogP contribution is -2.21. The molecule has 1 saturated carbocycles. The maximum absolute atomic E-state index is 13.6. The van der Waals surface area contributed by atoms with Gasteiger partial charge in [-0.05, 0) is 43.2 Å². The van der Waals surface area contributed by atoms with Crippen molar-refractivity contribution in [1.29, 1.82) is 0 Å². The summed E-state index contributed by atoms with van der Waals surface area (Å²) in [5, 5.41) is 3.06. The van der Waals surface area contributed by atoms with Crippen LogP contribution in [0.4, 0.5) is 14.5 Å². The number of anilines is 1. The molecule has 1 aromatic carbocycles. The lowest BCUT2D eigenvalue weighted by molar-refractivity contribution is 0.293. The maximum Gasteiger partial charge on any atom is 0.146 e. The Kier molecular flexibility index (Phi) is 4.20. The Morgan fingerprint density at radius 2 is 2.00 bits per heavy atom. The number of benzene rings is 1. The zero-order chi connectivity index (χ0) is 13.1. The average molecular weight is 253 g/mol. The van der Waals surface area contributed by atoms with Gasteiger partial charge in [-0.1, -0.05) is 19.8 Å². The highest BCUT2D eigenvalue weighted by Crippen LogP contribution is 2.29. The van der Waals surface area contributed by atoms with Gasteiger partial charge in [0, 0.05) is 12.6 Å². The molecule has 18 heavy (non-hydrogen) atoms. The summed E-state index contributed by atoms with van der Waals surface area (Å²) in [6.45, 7) is 4.58. The highest BCUT2D eigenvalue weighted by Gasteiger charge is 2.19. The minimum absolute atomic E-state index is 0.288. The first-order valence-electron chi connectivity index (χ1n) is 6.75. The molecule has 0 saturated heterocycles. The summed E-state index contributed by atoms with van der Waals surface area (Å²) in [6, 6.07) is 2.51. The average Bonchev–Trinajstić information content (AvgIpc) is 2.32. The van der Waals surface area contributed by atoms with Gasteiger partial charge in [0.25, 0.3) is 0 Å². The van der Waals surface area contributed by atoms with Crippen LogP contribution in [0.15, 0.2) is 12.1 Å². The molecule has 100 valence electrons. The monoisotopic (exact) mass is 253 g/mol. The van der Waals surface area contributed by atoms with Crippen molar-refractivity contribution in [3.63, 3.8) is 0 Å². The largest absolute Gasteiger partial charge is 0.382 e. The third kappa shape index (κ3) is 3.21. The third-order valence-corrected chi connectivity index (χ3v) is 3.87. The smallest absolute Gasteiger partial charge is 0.146 e. The van der Waals surface area contributed by atoms with E-state index >= 15 is 0 Å². The number of nitrogens with one attached hydrogen (secondary N) is 1. The van der Waals surface area contributed by atoms with Gasteiger partial charge < -0.3 is 5.32 Å². The molecule has 2 unspecified atom stereocenters. The molecule has 0 aliphatic heterocycles. The van der Waals surface area contributed by atoms with E-state index in [9.17, 15) is 8.78 Å². The molecule has 0 aromatic heterocycles. The van der Waals surface area contributed by atoms with Crippen LogP contribution in [0.5, 0.6) is 0 Å². The van der Waals surface area contributed by atoms with Crippen LogP contribution in [0.2, 0.25) is 0 Å². The summed E-state index contributed by atoms with van der Waals surface area (Å²) in [5.74, 6) is 0.622. The van der Waals surface area contributed by atoms with Crippen LogP contribution in [0, 0.1) is 30.4 Å². The first-order chi connectivity index (χ1) is 8.56. The lowest BCUT2D eigenvalue weighted by Gasteiger charge is -2.27. The molecule has 1 aliphatic rings. The molecule has 1 aromatic rings. The Balaban J connectivity index is 1.95. The Hall–Kier alpha value is -1.12. The molecule has 2 atom stereocenters. The van der Waals surface area contributed by atoms with E-state index in [-0.39, 0.29) is 17.3 Å². The minimum atomic E-state index is -0.363. The molecule has 3 heteroatoms. The van der Waals surface area contributed by atoms with Gasteiger partial charge in [-0.15, -0.1) is 0 Å². The molecule has 1 aliphatic carbocycles. The highest BCUT2D eigenvalue weighted by atomic mass is 19.1.